The number of aromatic nitrogens is 2. The molecule has 0 radical (unpaired) electrons. The van der Waals surface area contributed by atoms with Crippen molar-refractivity contribution >= 4 is 28.4 Å². The summed E-state index contributed by atoms with van der Waals surface area (Å²) in [6, 6.07) is 5.39. The maximum absolute atomic E-state index is 11.6. The van der Waals surface area contributed by atoms with Gasteiger partial charge in [-0.1, -0.05) is 0 Å². The number of nitrogens with zero attached hydrogens (tertiary/aromatic N) is 2. The summed E-state index contributed by atoms with van der Waals surface area (Å²) in [6.45, 7) is 1.94. The van der Waals surface area contributed by atoms with E-state index in [2.05, 4.69) is 15.2 Å². The number of H-pyrrole nitrogens is 1. The zero-order chi connectivity index (χ0) is 14.5. The zero-order valence-corrected chi connectivity index (χ0v) is 11.0. The number of hydrogen-bond acceptors (Lipinski definition) is 5. The van der Waals surface area contributed by atoms with Gasteiger partial charge in [-0.05, 0) is 25.1 Å². The van der Waals surface area contributed by atoms with Gasteiger partial charge in [-0.2, -0.15) is 5.10 Å². The van der Waals surface area contributed by atoms with E-state index in [1.54, 1.807) is 25.3 Å². The molecule has 20 heavy (non-hydrogen) atoms. The number of ether oxygens (including phenoxy) is 1. The van der Waals surface area contributed by atoms with Crippen molar-refractivity contribution < 1.29 is 9.53 Å². The summed E-state index contributed by atoms with van der Waals surface area (Å²) >= 11 is 0. The van der Waals surface area contributed by atoms with Crippen molar-refractivity contribution in [3.63, 3.8) is 0 Å². The van der Waals surface area contributed by atoms with E-state index >= 15 is 0 Å². The molecule has 0 atom stereocenters. The lowest BCUT2D eigenvalue weighted by Crippen LogP contribution is -2.24. The van der Waals surface area contributed by atoms with Gasteiger partial charge in [0.15, 0.2) is 0 Å². The predicted octanol–water partition coefficient (Wildman–Crippen LogP) is 0.957. The van der Waals surface area contributed by atoms with Crippen LogP contribution in [0.5, 0.6) is 0 Å². The Balaban J connectivity index is 2.30. The van der Waals surface area contributed by atoms with E-state index in [-0.39, 0.29) is 18.0 Å². The van der Waals surface area contributed by atoms with Crippen molar-refractivity contribution in [2.45, 2.75) is 6.92 Å². The molecule has 104 valence electrons. The van der Waals surface area contributed by atoms with Crippen molar-refractivity contribution in [1.82, 2.24) is 10.2 Å². The van der Waals surface area contributed by atoms with Gasteiger partial charge in [-0.15, -0.1) is 0 Å². The summed E-state index contributed by atoms with van der Waals surface area (Å²) in [5.41, 5.74) is 12.6. The van der Waals surface area contributed by atoms with Crippen LogP contribution in [-0.4, -0.2) is 28.6 Å². The first-order chi connectivity index (χ1) is 9.65. The third kappa shape index (κ3) is 2.77. The number of hydrogen-bond donors (Lipinski definition) is 3. The van der Waals surface area contributed by atoms with Gasteiger partial charge >= 0.3 is 5.97 Å². The third-order valence-corrected chi connectivity index (χ3v) is 2.61. The van der Waals surface area contributed by atoms with Crippen molar-refractivity contribution in [2.24, 2.45) is 16.5 Å². The molecule has 0 fully saturated rings. The van der Waals surface area contributed by atoms with Crippen LogP contribution in [0, 0.1) is 0 Å². The molecular weight excluding hydrogens is 258 g/mol. The van der Waals surface area contributed by atoms with Crippen LogP contribution in [0.4, 0.5) is 5.69 Å². The number of esters is 1. The van der Waals surface area contributed by atoms with Crippen molar-refractivity contribution in [3.8, 4) is 0 Å². The lowest BCUT2D eigenvalue weighted by atomic mass is 10.2. The van der Waals surface area contributed by atoms with Crippen LogP contribution in [0.15, 0.2) is 41.2 Å². The SMILES string of the molecule is CCOC(=O)C(=CN)C(N)=Nc1ccc2cn[nH]c2c1. The quantitative estimate of drug-likeness (QED) is 0.331. The van der Waals surface area contributed by atoms with Crippen LogP contribution in [-0.2, 0) is 9.53 Å². The molecule has 0 aliphatic heterocycles. The van der Waals surface area contributed by atoms with Gasteiger partial charge in [0, 0.05) is 11.6 Å². The molecule has 1 aromatic carbocycles. The first-order valence-electron chi connectivity index (χ1n) is 6.02. The molecule has 1 heterocycles. The van der Waals surface area contributed by atoms with E-state index in [1.807, 2.05) is 6.07 Å². The Kier molecular flexibility index (Phi) is 3.99. The van der Waals surface area contributed by atoms with Crippen molar-refractivity contribution in [1.29, 1.82) is 0 Å². The number of fused-ring (bicyclic) bond motifs is 1. The minimum Gasteiger partial charge on any atom is -0.462 e. The fourth-order valence-corrected chi connectivity index (χ4v) is 1.66. The van der Waals surface area contributed by atoms with Crippen molar-refractivity contribution in [2.75, 3.05) is 6.61 Å². The Labute approximate surface area is 115 Å². The van der Waals surface area contributed by atoms with Gasteiger partial charge < -0.3 is 16.2 Å². The molecule has 0 amide bonds. The number of aliphatic imine (C=N–C) groups is 1. The minimum absolute atomic E-state index is 0.00446. The van der Waals surface area contributed by atoms with E-state index in [0.717, 1.165) is 17.1 Å². The molecule has 1 aromatic heterocycles. The van der Waals surface area contributed by atoms with Crippen LogP contribution in [0.2, 0.25) is 0 Å². The molecule has 0 saturated carbocycles. The first-order valence-corrected chi connectivity index (χ1v) is 6.02. The Morgan fingerprint density at radius 1 is 1.55 bits per heavy atom. The number of benzene rings is 1. The van der Waals surface area contributed by atoms with Gasteiger partial charge in [0.1, 0.15) is 11.4 Å². The van der Waals surface area contributed by atoms with Crippen LogP contribution < -0.4 is 11.5 Å². The fraction of sp³-hybridized carbons (Fsp3) is 0.154. The molecule has 0 aliphatic rings. The van der Waals surface area contributed by atoms with E-state index in [1.165, 1.54) is 0 Å². The average Bonchev–Trinajstić information content (AvgIpc) is 2.87. The molecule has 2 aromatic rings. The predicted molar refractivity (Wildman–Crippen MR) is 76.3 cm³/mol. The van der Waals surface area contributed by atoms with E-state index in [4.69, 9.17) is 16.2 Å². The molecule has 2 rings (SSSR count). The molecule has 0 unspecified atom stereocenters. The largest absolute Gasteiger partial charge is 0.462 e. The summed E-state index contributed by atoms with van der Waals surface area (Å²) in [4.78, 5) is 15.8. The van der Waals surface area contributed by atoms with Crippen LogP contribution in [0.25, 0.3) is 10.9 Å². The number of nitrogens with two attached hydrogens (primary N) is 2. The zero-order valence-electron chi connectivity index (χ0n) is 11.0. The van der Waals surface area contributed by atoms with Gasteiger partial charge in [0.05, 0.1) is 24.0 Å². The van der Waals surface area contributed by atoms with Gasteiger partial charge in [0.25, 0.3) is 0 Å². The highest BCUT2D eigenvalue weighted by molar-refractivity contribution is 6.18. The second-order valence-corrected chi connectivity index (χ2v) is 3.94. The highest BCUT2D eigenvalue weighted by Crippen LogP contribution is 2.19. The standard InChI is InChI=1S/C13H15N5O2/c1-2-20-13(19)10(6-14)12(15)17-9-4-3-8-7-16-18-11(8)5-9/h3-7H,2,14H2,1H3,(H2,15,17)(H,16,18). The van der Waals surface area contributed by atoms with E-state index in [9.17, 15) is 4.79 Å². The highest BCUT2D eigenvalue weighted by atomic mass is 16.5. The number of carbonyl (C=O) groups is 1. The Morgan fingerprint density at radius 3 is 3.05 bits per heavy atom. The van der Waals surface area contributed by atoms with Crippen LogP contribution in [0.1, 0.15) is 6.92 Å². The molecule has 0 saturated heterocycles. The summed E-state index contributed by atoms with van der Waals surface area (Å²) in [6.07, 6.45) is 2.79. The molecule has 0 bridgehead atoms. The van der Waals surface area contributed by atoms with E-state index in [0.29, 0.717) is 5.69 Å². The minimum atomic E-state index is -0.598. The topological polar surface area (TPSA) is 119 Å². The van der Waals surface area contributed by atoms with Gasteiger partial charge in [-0.3, -0.25) is 5.10 Å². The number of amidine groups is 1. The summed E-state index contributed by atoms with van der Waals surface area (Å²) in [5, 5.41) is 7.70. The normalized spacial score (nSPS) is 12.7. The molecule has 0 spiro atoms. The number of rotatable bonds is 4. The third-order valence-electron chi connectivity index (χ3n) is 2.61. The average molecular weight is 273 g/mol. The Morgan fingerprint density at radius 2 is 2.35 bits per heavy atom. The number of aromatic amines is 1. The number of carbonyl (C=O) groups excluding carboxylic acids is 1. The maximum atomic E-state index is 11.6. The summed E-state index contributed by atoms with van der Waals surface area (Å²) < 4.78 is 4.85. The lowest BCUT2D eigenvalue weighted by Gasteiger charge is -2.05. The molecule has 0 aliphatic carbocycles. The number of nitrogens with one attached hydrogen (secondary N) is 1. The van der Waals surface area contributed by atoms with Gasteiger partial charge in [-0.25, -0.2) is 9.79 Å². The molecule has 7 nitrogen and oxygen atoms in total. The van der Waals surface area contributed by atoms with Crippen molar-refractivity contribution in [3.05, 3.63) is 36.2 Å². The lowest BCUT2D eigenvalue weighted by molar-refractivity contribution is -0.137. The Bertz CT molecular complexity index is 687. The smallest absolute Gasteiger partial charge is 0.343 e. The molecule has 5 N–H and O–H groups in total. The monoisotopic (exact) mass is 273 g/mol. The second kappa shape index (κ2) is 5.87. The summed E-state index contributed by atoms with van der Waals surface area (Å²) in [7, 11) is 0. The Hall–Kier alpha value is -2.83. The summed E-state index contributed by atoms with van der Waals surface area (Å²) in [5.74, 6) is -0.594. The van der Waals surface area contributed by atoms with Crippen LogP contribution in [0.3, 0.4) is 0 Å². The molecular formula is C13H15N5O2. The maximum Gasteiger partial charge on any atom is 0.343 e. The van der Waals surface area contributed by atoms with E-state index < -0.39 is 5.97 Å². The first kappa shape index (κ1) is 13.6. The van der Waals surface area contributed by atoms with Gasteiger partial charge in [0.2, 0.25) is 0 Å². The highest BCUT2D eigenvalue weighted by Gasteiger charge is 2.14. The fourth-order valence-electron chi connectivity index (χ4n) is 1.66. The second-order valence-electron chi connectivity index (χ2n) is 3.94. The molecule has 7 heteroatoms. The van der Waals surface area contributed by atoms with Crippen LogP contribution >= 0.6 is 0 Å².